The fourth-order valence-electron chi connectivity index (χ4n) is 0.964. The van der Waals surface area contributed by atoms with Gasteiger partial charge < -0.3 is 4.74 Å². The molecule has 1 aromatic carbocycles. The Morgan fingerprint density at radius 1 is 1.46 bits per heavy atom. The summed E-state index contributed by atoms with van der Waals surface area (Å²) < 4.78 is 5.55. The second-order valence-electron chi connectivity index (χ2n) is 2.75. The van der Waals surface area contributed by atoms with Crippen LogP contribution in [-0.4, -0.2) is 18.6 Å². The van der Waals surface area contributed by atoms with Crippen LogP contribution in [0.5, 0.6) is 5.75 Å². The van der Waals surface area contributed by atoms with Crippen LogP contribution in [0.3, 0.4) is 0 Å². The van der Waals surface area contributed by atoms with E-state index in [1.54, 1.807) is 11.8 Å². The van der Waals surface area contributed by atoms with Crippen LogP contribution in [-0.2, 0) is 0 Å². The highest BCUT2D eigenvalue weighted by molar-refractivity contribution is 7.98. The Labute approximate surface area is 88.4 Å². The van der Waals surface area contributed by atoms with E-state index in [0.717, 1.165) is 28.7 Å². The molecule has 0 aliphatic heterocycles. The molecule has 0 amide bonds. The maximum absolute atomic E-state index is 5.84. The molecule has 0 atom stereocenters. The van der Waals surface area contributed by atoms with Crippen LogP contribution in [0.15, 0.2) is 18.2 Å². The monoisotopic (exact) mass is 216 g/mol. The van der Waals surface area contributed by atoms with Crippen molar-refractivity contribution in [3.8, 4) is 5.75 Å². The largest absolute Gasteiger partial charge is 0.492 e. The lowest BCUT2D eigenvalue weighted by molar-refractivity contribution is 0.341. The number of benzene rings is 1. The molecule has 1 aromatic rings. The number of hydrogen-bond acceptors (Lipinski definition) is 2. The Hall–Kier alpha value is -0.340. The first kappa shape index (κ1) is 10.7. The van der Waals surface area contributed by atoms with Crippen LogP contribution in [0.25, 0.3) is 0 Å². The van der Waals surface area contributed by atoms with Gasteiger partial charge in [0.15, 0.2) is 0 Å². The van der Waals surface area contributed by atoms with E-state index in [-0.39, 0.29) is 0 Å². The van der Waals surface area contributed by atoms with Gasteiger partial charge in [0.2, 0.25) is 0 Å². The predicted octanol–water partition coefficient (Wildman–Crippen LogP) is 3.39. The standard InChI is InChI=1S/C10H13ClOS/c1-8-3-4-9(11)7-10(8)12-5-6-13-2/h3-4,7H,5-6H2,1-2H3. The number of thioether (sulfide) groups is 1. The van der Waals surface area contributed by atoms with Gasteiger partial charge in [-0.25, -0.2) is 0 Å². The van der Waals surface area contributed by atoms with Gasteiger partial charge in [-0.1, -0.05) is 17.7 Å². The number of hydrogen-bond donors (Lipinski definition) is 0. The van der Waals surface area contributed by atoms with Gasteiger partial charge in [0.05, 0.1) is 6.61 Å². The van der Waals surface area contributed by atoms with E-state index < -0.39 is 0 Å². The van der Waals surface area contributed by atoms with Crippen LogP contribution >= 0.6 is 23.4 Å². The van der Waals surface area contributed by atoms with Crippen LogP contribution in [0.1, 0.15) is 5.56 Å². The normalized spacial score (nSPS) is 10.1. The quantitative estimate of drug-likeness (QED) is 0.714. The highest BCUT2D eigenvalue weighted by Gasteiger charge is 1.99. The van der Waals surface area contributed by atoms with Crippen molar-refractivity contribution in [3.63, 3.8) is 0 Å². The first-order chi connectivity index (χ1) is 6.24. The molecule has 0 heterocycles. The molecule has 72 valence electrons. The van der Waals surface area contributed by atoms with Gasteiger partial charge in [0.1, 0.15) is 5.75 Å². The maximum Gasteiger partial charge on any atom is 0.123 e. The summed E-state index contributed by atoms with van der Waals surface area (Å²) in [7, 11) is 0. The Balaban J connectivity index is 2.59. The fraction of sp³-hybridized carbons (Fsp3) is 0.400. The predicted molar refractivity (Wildman–Crippen MR) is 60.1 cm³/mol. The minimum absolute atomic E-state index is 0.727. The molecular formula is C10H13ClOS. The summed E-state index contributed by atoms with van der Waals surface area (Å²) in [6, 6.07) is 5.70. The molecule has 0 radical (unpaired) electrons. The molecule has 0 spiro atoms. The summed E-state index contributed by atoms with van der Waals surface area (Å²) in [4.78, 5) is 0. The second kappa shape index (κ2) is 5.40. The Morgan fingerprint density at radius 2 is 2.23 bits per heavy atom. The molecule has 1 nitrogen and oxygen atoms in total. The van der Waals surface area contributed by atoms with Gasteiger partial charge in [-0.05, 0) is 30.9 Å². The zero-order valence-corrected chi connectivity index (χ0v) is 9.41. The van der Waals surface area contributed by atoms with Crippen molar-refractivity contribution in [2.75, 3.05) is 18.6 Å². The first-order valence-corrected chi connectivity index (χ1v) is 5.89. The lowest BCUT2D eigenvalue weighted by atomic mass is 10.2. The summed E-state index contributed by atoms with van der Waals surface area (Å²) in [5, 5.41) is 0.727. The van der Waals surface area contributed by atoms with Gasteiger partial charge in [-0.3, -0.25) is 0 Å². The van der Waals surface area contributed by atoms with E-state index in [1.165, 1.54) is 0 Å². The summed E-state index contributed by atoms with van der Waals surface area (Å²) in [5.74, 6) is 1.90. The van der Waals surface area contributed by atoms with Gasteiger partial charge in [0, 0.05) is 10.8 Å². The van der Waals surface area contributed by atoms with E-state index >= 15 is 0 Å². The van der Waals surface area contributed by atoms with Crippen molar-refractivity contribution in [1.29, 1.82) is 0 Å². The van der Waals surface area contributed by atoms with Crippen LogP contribution in [0.2, 0.25) is 5.02 Å². The Morgan fingerprint density at radius 3 is 2.92 bits per heavy atom. The van der Waals surface area contributed by atoms with Crippen molar-refractivity contribution >= 4 is 23.4 Å². The average Bonchev–Trinajstić information content (AvgIpc) is 2.11. The molecule has 0 saturated carbocycles. The topological polar surface area (TPSA) is 9.23 Å². The number of halogens is 1. The van der Waals surface area contributed by atoms with Crippen molar-refractivity contribution in [1.82, 2.24) is 0 Å². The number of aryl methyl sites for hydroxylation is 1. The SMILES string of the molecule is CSCCOc1cc(Cl)ccc1C. The van der Waals surface area contributed by atoms with Gasteiger partial charge in [0.25, 0.3) is 0 Å². The van der Waals surface area contributed by atoms with Crippen molar-refractivity contribution in [2.24, 2.45) is 0 Å². The highest BCUT2D eigenvalue weighted by Crippen LogP contribution is 2.22. The minimum atomic E-state index is 0.727. The number of ether oxygens (including phenoxy) is 1. The molecule has 0 N–H and O–H groups in total. The first-order valence-electron chi connectivity index (χ1n) is 4.12. The van der Waals surface area contributed by atoms with E-state index in [0.29, 0.717) is 0 Å². The summed E-state index contributed by atoms with van der Waals surface area (Å²) in [6.07, 6.45) is 2.06. The zero-order valence-electron chi connectivity index (χ0n) is 7.84. The van der Waals surface area contributed by atoms with Crippen LogP contribution in [0.4, 0.5) is 0 Å². The molecular weight excluding hydrogens is 204 g/mol. The third kappa shape index (κ3) is 3.49. The van der Waals surface area contributed by atoms with Crippen LogP contribution < -0.4 is 4.74 Å². The van der Waals surface area contributed by atoms with Gasteiger partial charge in [-0.15, -0.1) is 0 Å². The van der Waals surface area contributed by atoms with E-state index in [2.05, 4.69) is 6.26 Å². The molecule has 0 fully saturated rings. The average molecular weight is 217 g/mol. The lowest BCUT2D eigenvalue weighted by Gasteiger charge is -2.08. The van der Waals surface area contributed by atoms with Crippen LogP contribution in [0, 0.1) is 6.92 Å². The lowest BCUT2D eigenvalue weighted by Crippen LogP contribution is -2.00. The molecule has 13 heavy (non-hydrogen) atoms. The molecule has 0 aromatic heterocycles. The zero-order chi connectivity index (χ0) is 9.68. The molecule has 0 bridgehead atoms. The molecule has 0 aliphatic rings. The van der Waals surface area contributed by atoms with Crippen molar-refractivity contribution in [2.45, 2.75) is 6.92 Å². The molecule has 3 heteroatoms. The third-order valence-corrected chi connectivity index (χ3v) is 2.51. The fourth-order valence-corrected chi connectivity index (χ4v) is 1.38. The summed E-state index contributed by atoms with van der Waals surface area (Å²) >= 11 is 7.62. The van der Waals surface area contributed by atoms with Gasteiger partial charge in [-0.2, -0.15) is 11.8 Å². The number of rotatable bonds is 4. The van der Waals surface area contributed by atoms with E-state index in [9.17, 15) is 0 Å². The minimum Gasteiger partial charge on any atom is -0.492 e. The van der Waals surface area contributed by atoms with E-state index in [1.807, 2.05) is 25.1 Å². The smallest absolute Gasteiger partial charge is 0.123 e. The Kier molecular flexibility index (Phi) is 4.46. The van der Waals surface area contributed by atoms with E-state index in [4.69, 9.17) is 16.3 Å². The maximum atomic E-state index is 5.84. The highest BCUT2D eigenvalue weighted by atomic mass is 35.5. The Bertz CT molecular complexity index is 276. The third-order valence-electron chi connectivity index (χ3n) is 1.70. The molecule has 0 saturated heterocycles. The summed E-state index contributed by atoms with van der Waals surface area (Å²) in [5.41, 5.74) is 1.13. The van der Waals surface area contributed by atoms with Crippen molar-refractivity contribution < 1.29 is 4.74 Å². The van der Waals surface area contributed by atoms with Crippen molar-refractivity contribution in [3.05, 3.63) is 28.8 Å². The molecule has 0 unspecified atom stereocenters. The van der Waals surface area contributed by atoms with Gasteiger partial charge >= 0.3 is 0 Å². The summed E-state index contributed by atoms with van der Waals surface area (Å²) in [6.45, 7) is 2.76. The molecule has 0 aliphatic carbocycles. The second-order valence-corrected chi connectivity index (χ2v) is 4.17. The molecule has 1 rings (SSSR count).